The molecule has 0 bridgehead atoms. The summed E-state index contributed by atoms with van der Waals surface area (Å²) in [7, 11) is 0. The van der Waals surface area contributed by atoms with E-state index in [1.165, 1.54) is 0 Å². The molecule has 5 heteroatoms. The van der Waals surface area contributed by atoms with Gasteiger partial charge in [-0.25, -0.2) is 4.79 Å². The quantitative estimate of drug-likeness (QED) is 0.671. The molecule has 0 saturated heterocycles. The lowest BCUT2D eigenvalue weighted by Gasteiger charge is -2.13. The Hall–Kier alpha value is -2.27. The SMILES string of the molecule is CC(NCc1ccco1)c1ccc2[nH]c(=O)[nH]c2c1. The van der Waals surface area contributed by atoms with Crippen LogP contribution in [0.1, 0.15) is 24.3 Å². The number of benzene rings is 1. The first kappa shape index (κ1) is 11.8. The zero-order valence-electron chi connectivity index (χ0n) is 10.6. The number of furan rings is 1. The largest absolute Gasteiger partial charge is 0.468 e. The number of hydrogen-bond donors (Lipinski definition) is 3. The van der Waals surface area contributed by atoms with E-state index in [-0.39, 0.29) is 11.7 Å². The van der Waals surface area contributed by atoms with Crippen LogP contribution in [-0.2, 0) is 6.54 Å². The second kappa shape index (κ2) is 4.78. The molecule has 3 N–H and O–H groups in total. The van der Waals surface area contributed by atoms with E-state index in [4.69, 9.17) is 4.42 Å². The van der Waals surface area contributed by atoms with Gasteiger partial charge in [-0.05, 0) is 36.8 Å². The van der Waals surface area contributed by atoms with Crippen LogP contribution in [0.4, 0.5) is 0 Å². The predicted molar refractivity (Wildman–Crippen MR) is 72.9 cm³/mol. The Morgan fingerprint density at radius 1 is 1.26 bits per heavy atom. The number of rotatable bonds is 4. The molecule has 3 rings (SSSR count). The number of aromatic nitrogens is 2. The number of hydrogen-bond acceptors (Lipinski definition) is 3. The van der Waals surface area contributed by atoms with Crippen LogP contribution in [0, 0.1) is 0 Å². The summed E-state index contributed by atoms with van der Waals surface area (Å²) < 4.78 is 5.28. The van der Waals surface area contributed by atoms with Crippen molar-refractivity contribution in [2.24, 2.45) is 0 Å². The number of nitrogens with one attached hydrogen (secondary N) is 3. The van der Waals surface area contributed by atoms with Crippen molar-refractivity contribution < 1.29 is 4.42 Å². The fourth-order valence-electron chi connectivity index (χ4n) is 2.10. The maximum Gasteiger partial charge on any atom is 0.323 e. The highest BCUT2D eigenvalue weighted by molar-refractivity contribution is 5.75. The van der Waals surface area contributed by atoms with Crippen molar-refractivity contribution in [1.29, 1.82) is 0 Å². The van der Waals surface area contributed by atoms with Crippen LogP contribution in [-0.4, -0.2) is 9.97 Å². The predicted octanol–water partition coefficient (Wildman–Crippen LogP) is 2.30. The molecule has 0 radical (unpaired) electrons. The summed E-state index contributed by atoms with van der Waals surface area (Å²) in [6.07, 6.45) is 1.66. The van der Waals surface area contributed by atoms with Crippen LogP contribution in [0.3, 0.4) is 0 Å². The van der Waals surface area contributed by atoms with Gasteiger partial charge in [0.15, 0.2) is 0 Å². The van der Waals surface area contributed by atoms with Gasteiger partial charge in [0.2, 0.25) is 0 Å². The van der Waals surface area contributed by atoms with Crippen molar-refractivity contribution in [3.63, 3.8) is 0 Å². The molecule has 19 heavy (non-hydrogen) atoms. The molecular formula is C14H15N3O2. The molecule has 1 unspecified atom stereocenters. The lowest BCUT2D eigenvalue weighted by Crippen LogP contribution is -2.17. The van der Waals surface area contributed by atoms with Crippen molar-refractivity contribution in [1.82, 2.24) is 15.3 Å². The van der Waals surface area contributed by atoms with Gasteiger partial charge < -0.3 is 19.7 Å². The van der Waals surface area contributed by atoms with E-state index in [2.05, 4.69) is 22.2 Å². The standard InChI is InChI=1S/C14H15N3O2/c1-9(15-8-11-3-2-6-19-11)10-4-5-12-13(7-10)17-14(18)16-12/h2-7,9,15H,8H2,1H3,(H2,16,17,18). The average Bonchev–Trinajstić information content (AvgIpc) is 3.02. The normalized spacial score (nSPS) is 12.9. The van der Waals surface area contributed by atoms with Gasteiger partial charge in [0.05, 0.1) is 23.8 Å². The summed E-state index contributed by atoms with van der Waals surface area (Å²) in [5.41, 5.74) is 2.60. The van der Waals surface area contributed by atoms with Crippen LogP contribution in [0.15, 0.2) is 45.8 Å². The highest BCUT2D eigenvalue weighted by Gasteiger charge is 2.07. The Labute approximate surface area is 109 Å². The summed E-state index contributed by atoms with van der Waals surface area (Å²) >= 11 is 0. The van der Waals surface area contributed by atoms with Crippen molar-refractivity contribution in [2.45, 2.75) is 19.5 Å². The molecule has 0 saturated carbocycles. The molecule has 1 aromatic carbocycles. The van der Waals surface area contributed by atoms with E-state index in [0.717, 1.165) is 22.4 Å². The highest BCUT2D eigenvalue weighted by atomic mass is 16.3. The molecule has 0 aliphatic rings. The van der Waals surface area contributed by atoms with Gasteiger partial charge in [-0.3, -0.25) is 0 Å². The van der Waals surface area contributed by atoms with Gasteiger partial charge in [-0.1, -0.05) is 6.07 Å². The molecule has 1 atom stereocenters. The third-order valence-electron chi connectivity index (χ3n) is 3.20. The minimum Gasteiger partial charge on any atom is -0.468 e. The smallest absolute Gasteiger partial charge is 0.323 e. The zero-order chi connectivity index (χ0) is 13.2. The second-order valence-corrected chi connectivity index (χ2v) is 4.57. The first-order valence-corrected chi connectivity index (χ1v) is 6.20. The first-order valence-electron chi connectivity index (χ1n) is 6.20. The van der Waals surface area contributed by atoms with Gasteiger partial charge in [0, 0.05) is 6.04 Å². The Balaban J connectivity index is 1.77. The van der Waals surface area contributed by atoms with E-state index in [1.807, 2.05) is 30.3 Å². The van der Waals surface area contributed by atoms with Gasteiger partial charge >= 0.3 is 5.69 Å². The average molecular weight is 257 g/mol. The second-order valence-electron chi connectivity index (χ2n) is 4.57. The van der Waals surface area contributed by atoms with E-state index in [9.17, 15) is 4.79 Å². The fourth-order valence-corrected chi connectivity index (χ4v) is 2.10. The van der Waals surface area contributed by atoms with Crippen molar-refractivity contribution in [3.8, 4) is 0 Å². The Morgan fingerprint density at radius 2 is 2.11 bits per heavy atom. The Bertz CT molecular complexity index is 725. The molecule has 0 fully saturated rings. The molecule has 0 amide bonds. The number of imidazole rings is 1. The lowest BCUT2D eigenvalue weighted by atomic mass is 10.1. The molecular weight excluding hydrogens is 242 g/mol. The van der Waals surface area contributed by atoms with Gasteiger partial charge in [-0.15, -0.1) is 0 Å². The molecule has 0 aliphatic carbocycles. The fraction of sp³-hybridized carbons (Fsp3) is 0.214. The summed E-state index contributed by atoms with van der Waals surface area (Å²) in [4.78, 5) is 16.7. The van der Waals surface area contributed by atoms with Crippen LogP contribution < -0.4 is 11.0 Å². The Morgan fingerprint density at radius 3 is 2.89 bits per heavy atom. The van der Waals surface area contributed by atoms with Crippen LogP contribution in [0.2, 0.25) is 0 Å². The minimum absolute atomic E-state index is 0.174. The Kier molecular flexibility index (Phi) is 2.97. The van der Waals surface area contributed by atoms with Crippen LogP contribution in [0.5, 0.6) is 0 Å². The third-order valence-corrected chi connectivity index (χ3v) is 3.20. The maximum atomic E-state index is 11.2. The molecule has 5 nitrogen and oxygen atoms in total. The van der Waals surface area contributed by atoms with E-state index < -0.39 is 0 Å². The van der Waals surface area contributed by atoms with Crippen molar-refractivity contribution >= 4 is 11.0 Å². The van der Waals surface area contributed by atoms with E-state index in [0.29, 0.717) is 6.54 Å². The zero-order valence-corrected chi connectivity index (χ0v) is 10.6. The van der Waals surface area contributed by atoms with Crippen LogP contribution >= 0.6 is 0 Å². The summed E-state index contributed by atoms with van der Waals surface area (Å²) in [6, 6.07) is 9.88. The lowest BCUT2D eigenvalue weighted by molar-refractivity contribution is 0.460. The number of H-pyrrole nitrogens is 2. The molecule has 2 aromatic heterocycles. The van der Waals surface area contributed by atoms with Gasteiger partial charge in [0.1, 0.15) is 5.76 Å². The van der Waals surface area contributed by atoms with Crippen molar-refractivity contribution in [2.75, 3.05) is 0 Å². The third kappa shape index (κ3) is 2.46. The number of aromatic amines is 2. The van der Waals surface area contributed by atoms with E-state index in [1.54, 1.807) is 6.26 Å². The summed E-state index contributed by atoms with van der Waals surface area (Å²) in [5.74, 6) is 0.906. The molecule has 3 aromatic rings. The van der Waals surface area contributed by atoms with Gasteiger partial charge in [0.25, 0.3) is 0 Å². The molecule has 0 spiro atoms. The van der Waals surface area contributed by atoms with E-state index >= 15 is 0 Å². The topological polar surface area (TPSA) is 73.8 Å². The van der Waals surface area contributed by atoms with Gasteiger partial charge in [-0.2, -0.15) is 0 Å². The molecule has 98 valence electrons. The monoisotopic (exact) mass is 257 g/mol. The highest BCUT2D eigenvalue weighted by Crippen LogP contribution is 2.17. The molecule has 2 heterocycles. The summed E-state index contributed by atoms with van der Waals surface area (Å²) in [5, 5.41) is 3.38. The maximum absolute atomic E-state index is 11.2. The minimum atomic E-state index is -0.177. The number of fused-ring (bicyclic) bond motifs is 1. The first-order chi connectivity index (χ1) is 9.22. The summed E-state index contributed by atoms with van der Waals surface area (Å²) in [6.45, 7) is 2.75. The molecule has 0 aliphatic heterocycles. The van der Waals surface area contributed by atoms with Crippen LogP contribution in [0.25, 0.3) is 11.0 Å². The van der Waals surface area contributed by atoms with Crippen molar-refractivity contribution in [3.05, 3.63) is 58.4 Å².